The zero-order valence-electron chi connectivity index (χ0n) is 11.3. The van der Waals surface area contributed by atoms with Crippen LogP contribution in [0.3, 0.4) is 0 Å². The maximum Gasteiger partial charge on any atom is 0.433 e. The normalized spacial score (nSPS) is 11.2. The van der Waals surface area contributed by atoms with Crippen molar-refractivity contribution in [3.8, 4) is 6.07 Å². The van der Waals surface area contributed by atoms with Crippen LogP contribution < -0.4 is 0 Å². The van der Waals surface area contributed by atoms with Crippen LogP contribution in [0.4, 0.5) is 13.2 Å². The SMILES string of the molecule is Cc1ccc(Sc2nc(C(F)(F)F)ccc2C#N)cc1C. The Kier molecular flexibility index (Phi) is 4.24. The lowest BCUT2D eigenvalue weighted by Crippen LogP contribution is -2.08. The van der Waals surface area contributed by atoms with E-state index in [-0.39, 0.29) is 10.6 Å². The van der Waals surface area contributed by atoms with Crippen molar-refractivity contribution < 1.29 is 13.2 Å². The largest absolute Gasteiger partial charge is 0.433 e. The summed E-state index contributed by atoms with van der Waals surface area (Å²) < 4.78 is 38.1. The fourth-order valence-corrected chi connectivity index (χ4v) is 2.61. The van der Waals surface area contributed by atoms with Crippen molar-refractivity contribution in [2.45, 2.75) is 29.9 Å². The van der Waals surface area contributed by atoms with Crippen LogP contribution in [0.2, 0.25) is 0 Å². The molecule has 0 radical (unpaired) electrons. The monoisotopic (exact) mass is 308 g/mol. The van der Waals surface area contributed by atoms with Gasteiger partial charge in [-0.05, 0) is 49.2 Å². The maximum atomic E-state index is 12.7. The molecule has 0 atom stereocenters. The molecule has 6 heteroatoms. The fraction of sp³-hybridized carbons (Fsp3) is 0.200. The van der Waals surface area contributed by atoms with Crippen LogP contribution in [0.5, 0.6) is 0 Å². The van der Waals surface area contributed by atoms with Gasteiger partial charge in [0.05, 0.1) is 5.56 Å². The lowest BCUT2D eigenvalue weighted by Gasteiger charge is -2.09. The van der Waals surface area contributed by atoms with Gasteiger partial charge in [0.1, 0.15) is 16.8 Å². The Labute approximate surface area is 124 Å². The van der Waals surface area contributed by atoms with E-state index in [0.717, 1.165) is 39.9 Å². The number of nitrogens with zero attached hydrogens (tertiary/aromatic N) is 2. The number of aromatic nitrogens is 1. The summed E-state index contributed by atoms with van der Waals surface area (Å²) >= 11 is 1.06. The van der Waals surface area contributed by atoms with Crippen molar-refractivity contribution in [2.75, 3.05) is 0 Å². The number of hydrogen-bond donors (Lipinski definition) is 0. The Morgan fingerprint density at radius 3 is 2.38 bits per heavy atom. The Morgan fingerprint density at radius 2 is 1.81 bits per heavy atom. The second-order valence-corrected chi connectivity index (χ2v) is 5.57. The fourth-order valence-electron chi connectivity index (χ4n) is 1.65. The minimum absolute atomic E-state index is 0.0654. The summed E-state index contributed by atoms with van der Waals surface area (Å²) in [6.45, 7) is 3.87. The van der Waals surface area contributed by atoms with E-state index in [1.165, 1.54) is 0 Å². The Bertz CT molecular complexity index is 718. The van der Waals surface area contributed by atoms with Crippen LogP contribution in [0.25, 0.3) is 0 Å². The highest BCUT2D eigenvalue weighted by Crippen LogP contribution is 2.34. The summed E-state index contributed by atoms with van der Waals surface area (Å²) in [5.74, 6) is 0. The molecule has 0 unspecified atom stereocenters. The van der Waals surface area contributed by atoms with Crippen LogP contribution in [-0.2, 0) is 6.18 Å². The molecule has 0 aliphatic carbocycles. The minimum atomic E-state index is -4.52. The predicted molar refractivity (Wildman–Crippen MR) is 74.0 cm³/mol. The van der Waals surface area contributed by atoms with Crippen molar-refractivity contribution in [2.24, 2.45) is 0 Å². The second kappa shape index (κ2) is 5.78. The average Bonchev–Trinajstić information content (AvgIpc) is 2.42. The van der Waals surface area contributed by atoms with E-state index >= 15 is 0 Å². The van der Waals surface area contributed by atoms with Crippen LogP contribution in [-0.4, -0.2) is 4.98 Å². The van der Waals surface area contributed by atoms with Gasteiger partial charge in [0.2, 0.25) is 0 Å². The molecule has 2 aromatic rings. The lowest BCUT2D eigenvalue weighted by molar-refractivity contribution is -0.141. The van der Waals surface area contributed by atoms with E-state index < -0.39 is 11.9 Å². The molecule has 0 aliphatic rings. The smallest absolute Gasteiger partial charge is 0.235 e. The first-order chi connectivity index (χ1) is 9.81. The number of benzene rings is 1. The molecule has 0 saturated carbocycles. The molecule has 21 heavy (non-hydrogen) atoms. The van der Waals surface area contributed by atoms with Crippen LogP contribution in [0, 0.1) is 25.2 Å². The van der Waals surface area contributed by atoms with Crippen LogP contribution in [0.15, 0.2) is 40.3 Å². The first-order valence-corrected chi connectivity index (χ1v) is 6.86. The standard InChI is InChI=1S/C15H11F3N2S/c1-9-3-5-12(7-10(9)2)21-14-11(8-19)4-6-13(20-14)15(16,17)18/h3-7H,1-2H3. The van der Waals surface area contributed by atoms with E-state index in [2.05, 4.69) is 4.98 Å². The van der Waals surface area contributed by atoms with Gasteiger partial charge in [0, 0.05) is 4.90 Å². The third-order valence-corrected chi connectivity index (χ3v) is 3.96. The summed E-state index contributed by atoms with van der Waals surface area (Å²) in [4.78, 5) is 4.33. The molecule has 0 fully saturated rings. The second-order valence-electron chi connectivity index (χ2n) is 4.51. The highest BCUT2D eigenvalue weighted by Gasteiger charge is 2.33. The van der Waals surface area contributed by atoms with Crippen molar-refractivity contribution in [1.82, 2.24) is 4.98 Å². The molecule has 2 rings (SSSR count). The van der Waals surface area contributed by atoms with Gasteiger partial charge < -0.3 is 0 Å². The quantitative estimate of drug-likeness (QED) is 0.804. The van der Waals surface area contributed by atoms with Gasteiger partial charge in [-0.1, -0.05) is 17.8 Å². The number of nitriles is 1. The minimum Gasteiger partial charge on any atom is -0.235 e. The van der Waals surface area contributed by atoms with E-state index in [0.29, 0.717) is 0 Å². The Hall–Kier alpha value is -2.00. The Balaban J connectivity index is 2.42. The maximum absolute atomic E-state index is 12.7. The van der Waals surface area contributed by atoms with Crippen molar-refractivity contribution in [3.05, 3.63) is 52.7 Å². The molecule has 1 aromatic carbocycles. The lowest BCUT2D eigenvalue weighted by atomic mass is 10.1. The van der Waals surface area contributed by atoms with Crippen LogP contribution >= 0.6 is 11.8 Å². The number of halogens is 3. The summed E-state index contributed by atoms with van der Waals surface area (Å²) in [5.41, 5.74) is 1.27. The van der Waals surface area contributed by atoms with Gasteiger partial charge in [-0.15, -0.1) is 0 Å². The van der Waals surface area contributed by atoms with Gasteiger partial charge >= 0.3 is 6.18 Å². The first kappa shape index (κ1) is 15.4. The summed E-state index contributed by atoms with van der Waals surface area (Å²) in [6, 6.07) is 9.40. The molecular weight excluding hydrogens is 297 g/mol. The number of rotatable bonds is 2. The van der Waals surface area contributed by atoms with E-state index in [9.17, 15) is 13.2 Å². The summed E-state index contributed by atoms with van der Waals surface area (Å²) in [6.07, 6.45) is -4.52. The number of alkyl halides is 3. The van der Waals surface area contributed by atoms with Crippen molar-refractivity contribution in [1.29, 1.82) is 5.26 Å². The van der Waals surface area contributed by atoms with Gasteiger partial charge in [0.15, 0.2) is 0 Å². The summed E-state index contributed by atoms with van der Waals surface area (Å²) in [5, 5.41) is 9.07. The molecule has 0 amide bonds. The number of hydrogen-bond acceptors (Lipinski definition) is 3. The molecule has 1 aromatic heterocycles. The van der Waals surface area contributed by atoms with Crippen molar-refractivity contribution >= 4 is 11.8 Å². The molecule has 108 valence electrons. The molecule has 0 aliphatic heterocycles. The molecular formula is C15H11F3N2S. The first-order valence-electron chi connectivity index (χ1n) is 6.04. The molecule has 0 bridgehead atoms. The zero-order valence-corrected chi connectivity index (χ0v) is 12.1. The highest BCUT2D eigenvalue weighted by molar-refractivity contribution is 7.99. The van der Waals surface area contributed by atoms with E-state index in [1.807, 2.05) is 32.0 Å². The Morgan fingerprint density at radius 1 is 1.10 bits per heavy atom. The molecule has 0 saturated heterocycles. The summed E-state index contributed by atoms with van der Waals surface area (Å²) in [7, 11) is 0. The molecule has 2 nitrogen and oxygen atoms in total. The molecule has 0 N–H and O–H groups in total. The topological polar surface area (TPSA) is 36.7 Å². The average molecular weight is 308 g/mol. The third kappa shape index (κ3) is 3.56. The number of aryl methyl sites for hydroxylation is 2. The van der Waals surface area contributed by atoms with Gasteiger partial charge in [-0.3, -0.25) is 0 Å². The molecule has 1 heterocycles. The zero-order chi connectivity index (χ0) is 15.6. The number of pyridine rings is 1. The highest BCUT2D eigenvalue weighted by atomic mass is 32.2. The van der Waals surface area contributed by atoms with E-state index in [4.69, 9.17) is 5.26 Å². The van der Waals surface area contributed by atoms with Crippen molar-refractivity contribution in [3.63, 3.8) is 0 Å². The predicted octanol–water partition coefficient (Wildman–Crippen LogP) is 4.74. The van der Waals surface area contributed by atoms with Gasteiger partial charge in [0.25, 0.3) is 0 Å². The molecule has 0 spiro atoms. The third-order valence-electron chi connectivity index (χ3n) is 2.96. The van der Waals surface area contributed by atoms with E-state index in [1.54, 1.807) is 6.07 Å². The van der Waals surface area contributed by atoms with Gasteiger partial charge in [-0.2, -0.15) is 18.4 Å². The van der Waals surface area contributed by atoms with Gasteiger partial charge in [-0.25, -0.2) is 4.98 Å². The van der Waals surface area contributed by atoms with Crippen LogP contribution in [0.1, 0.15) is 22.4 Å².